The van der Waals surface area contributed by atoms with E-state index in [-0.39, 0.29) is 5.92 Å². The summed E-state index contributed by atoms with van der Waals surface area (Å²) in [5.41, 5.74) is 1.88. The van der Waals surface area contributed by atoms with Crippen LogP contribution in [0.1, 0.15) is 25.3 Å². The van der Waals surface area contributed by atoms with Crippen LogP contribution in [0, 0.1) is 5.92 Å². The van der Waals surface area contributed by atoms with Gasteiger partial charge in [-0.2, -0.15) is 0 Å². The normalized spacial score (nSPS) is 13.2. The van der Waals surface area contributed by atoms with Crippen LogP contribution >= 0.6 is 0 Å². The number of carboxylic acids is 1. The SMILES string of the molecule is CC(C)C(C(=O)O)c1cccc2[nH]ccc12. The third kappa shape index (κ3) is 1.69. The fourth-order valence-electron chi connectivity index (χ4n) is 2.16. The van der Waals surface area contributed by atoms with Gasteiger partial charge in [-0.3, -0.25) is 4.79 Å². The second-order valence-electron chi connectivity index (χ2n) is 4.35. The lowest BCUT2D eigenvalue weighted by atomic mass is 9.87. The van der Waals surface area contributed by atoms with E-state index in [0.717, 1.165) is 16.5 Å². The van der Waals surface area contributed by atoms with Crippen LogP contribution in [-0.4, -0.2) is 16.1 Å². The Labute approximate surface area is 94.1 Å². The molecule has 0 aliphatic rings. The van der Waals surface area contributed by atoms with Crippen molar-refractivity contribution < 1.29 is 9.90 Å². The van der Waals surface area contributed by atoms with E-state index in [1.807, 2.05) is 44.3 Å². The third-order valence-electron chi connectivity index (χ3n) is 2.90. The summed E-state index contributed by atoms with van der Waals surface area (Å²) in [5.74, 6) is -1.12. The van der Waals surface area contributed by atoms with Crippen LogP contribution in [0.5, 0.6) is 0 Å². The summed E-state index contributed by atoms with van der Waals surface area (Å²) in [7, 11) is 0. The summed E-state index contributed by atoms with van der Waals surface area (Å²) in [6.45, 7) is 3.87. The lowest BCUT2D eigenvalue weighted by Gasteiger charge is -2.17. The van der Waals surface area contributed by atoms with Crippen LogP contribution in [0.2, 0.25) is 0 Å². The number of fused-ring (bicyclic) bond motifs is 1. The monoisotopic (exact) mass is 217 g/mol. The lowest BCUT2D eigenvalue weighted by molar-refractivity contribution is -0.139. The van der Waals surface area contributed by atoms with Crippen molar-refractivity contribution in [2.75, 3.05) is 0 Å². The maximum absolute atomic E-state index is 11.3. The van der Waals surface area contributed by atoms with Gasteiger partial charge in [0, 0.05) is 17.1 Å². The van der Waals surface area contributed by atoms with E-state index in [9.17, 15) is 9.90 Å². The average molecular weight is 217 g/mol. The van der Waals surface area contributed by atoms with E-state index in [4.69, 9.17) is 0 Å². The zero-order valence-electron chi connectivity index (χ0n) is 9.40. The molecule has 0 saturated heterocycles. The summed E-state index contributed by atoms with van der Waals surface area (Å²) in [5, 5.41) is 10.3. The standard InChI is InChI=1S/C13H15NO2/c1-8(2)12(13(15)16)10-4-3-5-11-9(10)6-7-14-11/h3-8,12,14H,1-2H3,(H,15,16). The highest BCUT2D eigenvalue weighted by Gasteiger charge is 2.25. The van der Waals surface area contributed by atoms with E-state index in [2.05, 4.69) is 4.98 Å². The molecule has 0 radical (unpaired) electrons. The van der Waals surface area contributed by atoms with E-state index >= 15 is 0 Å². The first kappa shape index (κ1) is 10.7. The molecule has 1 aromatic carbocycles. The highest BCUT2D eigenvalue weighted by atomic mass is 16.4. The molecule has 1 unspecified atom stereocenters. The number of hydrogen-bond acceptors (Lipinski definition) is 1. The Balaban J connectivity index is 2.60. The fourth-order valence-corrected chi connectivity index (χ4v) is 2.16. The van der Waals surface area contributed by atoms with Gasteiger partial charge in [0.15, 0.2) is 0 Å². The Morgan fingerprint density at radius 1 is 1.31 bits per heavy atom. The van der Waals surface area contributed by atoms with Crippen molar-refractivity contribution in [3.05, 3.63) is 36.0 Å². The maximum atomic E-state index is 11.3. The number of benzene rings is 1. The van der Waals surface area contributed by atoms with Gasteiger partial charge >= 0.3 is 5.97 Å². The number of carboxylic acid groups (broad SMARTS) is 1. The number of hydrogen-bond donors (Lipinski definition) is 2. The molecule has 3 heteroatoms. The highest BCUT2D eigenvalue weighted by molar-refractivity contribution is 5.89. The Hall–Kier alpha value is -1.77. The average Bonchev–Trinajstić information content (AvgIpc) is 2.65. The molecule has 2 aromatic rings. The lowest BCUT2D eigenvalue weighted by Crippen LogP contribution is -2.17. The van der Waals surface area contributed by atoms with Gasteiger partial charge in [0.1, 0.15) is 0 Å². The molecule has 0 saturated carbocycles. The Kier molecular flexibility index (Phi) is 2.69. The van der Waals surface area contributed by atoms with Gasteiger partial charge in [-0.05, 0) is 23.6 Å². The van der Waals surface area contributed by atoms with Crippen molar-refractivity contribution in [3.63, 3.8) is 0 Å². The van der Waals surface area contributed by atoms with E-state index < -0.39 is 11.9 Å². The smallest absolute Gasteiger partial charge is 0.311 e. The molecule has 0 aliphatic heterocycles. The van der Waals surface area contributed by atoms with Crippen LogP contribution in [0.15, 0.2) is 30.5 Å². The molecule has 1 atom stereocenters. The minimum Gasteiger partial charge on any atom is -0.481 e. The molecule has 0 spiro atoms. The molecule has 0 fully saturated rings. The topological polar surface area (TPSA) is 53.1 Å². The van der Waals surface area contributed by atoms with Crippen molar-refractivity contribution in [1.29, 1.82) is 0 Å². The maximum Gasteiger partial charge on any atom is 0.311 e. The molecule has 3 nitrogen and oxygen atoms in total. The number of rotatable bonds is 3. The largest absolute Gasteiger partial charge is 0.481 e. The van der Waals surface area contributed by atoms with Crippen molar-refractivity contribution in [2.24, 2.45) is 5.92 Å². The summed E-state index contributed by atoms with van der Waals surface area (Å²) >= 11 is 0. The first-order valence-electron chi connectivity index (χ1n) is 5.40. The summed E-state index contributed by atoms with van der Waals surface area (Å²) < 4.78 is 0. The summed E-state index contributed by atoms with van der Waals surface area (Å²) in [4.78, 5) is 14.4. The number of H-pyrrole nitrogens is 1. The van der Waals surface area contributed by atoms with Crippen LogP contribution in [-0.2, 0) is 4.79 Å². The van der Waals surface area contributed by atoms with Crippen LogP contribution in [0.4, 0.5) is 0 Å². The van der Waals surface area contributed by atoms with Gasteiger partial charge in [-0.1, -0.05) is 26.0 Å². The second kappa shape index (κ2) is 4.00. The van der Waals surface area contributed by atoms with Gasteiger partial charge in [-0.25, -0.2) is 0 Å². The molecule has 1 heterocycles. The summed E-state index contributed by atoms with van der Waals surface area (Å²) in [6, 6.07) is 7.68. The van der Waals surface area contributed by atoms with E-state index in [0.29, 0.717) is 0 Å². The Bertz CT molecular complexity index is 513. The van der Waals surface area contributed by atoms with Crippen LogP contribution in [0.25, 0.3) is 10.9 Å². The molecular formula is C13H15NO2. The van der Waals surface area contributed by atoms with Gasteiger partial charge < -0.3 is 10.1 Å². The molecule has 1 aromatic heterocycles. The molecule has 84 valence electrons. The minimum absolute atomic E-state index is 0.0815. The molecular weight excluding hydrogens is 202 g/mol. The number of carbonyl (C=O) groups is 1. The van der Waals surface area contributed by atoms with E-state index in [1.165, 1.54) is 0 Å². The highest BCUT2D eigenvalue weighted by Crippen LogP contribution is 2.30. The molecule has 0 bridgehead atoms. The zero-order valence-corrected chi connectivity index (χ0v) is 9.40. The van der Waals surface area contributed by atoms with Gasteiger partial charge in [0.2, 0.25) is 0 Å². The molecule has 0 amide bonds. The molecule has 2 N–H and O–H groups in total. The number of aromatic amines is 1. The van der Waals surface area contributed by atoms with Crippen molar-refractivity contribution in [3.8, 4) is 0 Å². The quantitative estimate of drug-likeness (QED) is 0.830. The third-order valence-corrected chi connectivity index (χ3v) is 2.90. The van der Waals surface area contributed by atoms with Gasteiger partial charge in [-0.15, -0.1) is 0 Å². The number of aliphatic carboxylic acids is 1. The zero-order chi connectivity index (χ0) is 11.7. The molecule has 16 heavy (non-hydrogen) atoms. The fraction of sp³-hybridized carbons (Fsp3) is 0.308. The van der Waals surface area contributed by atoms with Crippen LogP contribution < -0.4 is 0 Å². The number of nitrogens with one attached hydrogen (secondary N) is 1. The van der Waals surface area contributed by atoms with Crippen molar-refractivity contribution in [1.82, 2.24) is 4.98 Å². The Morgan fingerprint density at radius 2 is 2.06 bits per heavy atom. The number of aromatic nitrogens is 1. The van der Waals surface area contributed by atoms with Gasteiger partial charge in [0.25, 0.3) is 0 Å². The van der Waals surface area contributed by atoms with Crippen molar-refractivity contribution >= 4 is 16.9 Å². The molecule has 2 rings (SSSR count). The Morgan fingerprint density at radius 3 is 2.69 bits per heavy atom. The first-order chi connectivity index (χ1) is 7.61. The van der Waals surface area contributed by atoms with Crippen LogP contribution in [0.3, 0.4) is 0 Å². The van der Waals surface area contributed by atoms with Crippen molar-refractivity contribution in [2.45, 2.75) is 19.8 Å². The predicted octanol–water partition coefficient (Wildman–Crippen LogP) is 2.99. The van der Waals surface area contributed by atoms with E-state index in [1.54, 1.807) is 0 Å². The summed E-state index contributed by atoms with van der Waals surface area (Å²) in [6.07, 6.45) is 1.84. The molecule has 0 aliphatic carbocycles. The minimum atomic E-state index is -0.760. The second-order valence-corrected chi connectivity index (χ2v) is 4.35. The van der Waals surface area contributed by atoms with Gasteiger partial charge in [0.05, 0.1) is 5.92 Å². The first-order valence-corrected chi connectivity index (χ1v) is 5.40. The predicted molar refractivity (Wildman–Crippen MR) is 63.5 cm³/mol.